The van der Waals surface area contributed by atoms with E-state index in [0.29, 0.717) is 5.69 Å². The van der Waals surface area contributed by atoms with Crippen LogP contribution in [0.15, 0.2) is 29.3 Å². The lowest BCUT2D eigenvalue weighted by molar-refractivity contribution is 0.0697. The maximum absolute atomic E-state index is 10.7. The van der Waals surface area contributed by atoms with E-state index in [1.807, 2.05) is 0 Å². The molecular formula is C8H5N3O3. The summed E-state index contributed by atoms with van der Waals surface area (Å²) in [6.07, 6.45) is 3.94. The van der Waals surface area contributed by atoms with E-state index in [2.05, 4.69) is 15.1 Å². The van der Waals surface area contributed by atoms with Crippen LogP contribution < -0.4 is 0 Å². The van der Waals surface area contributed by atoms with E-state index in [1.165, 1.54) is 12.5 Å². The number of nitrogens with zero attached hydrogens (tertiary/aromatic N) is 3. The first-order chi connectivity index (χ1) is 6.79. The van der Waals surface area contributed by atoms with Crippen LogP contribution in [0.5, 0.6) is 0 Å². The van der Waals surface area contributed by atoms with E-state index in [4.69, 9.17) is 9.63 Å². The Morgan fingerprint density at radius 3 is 3.00 bits per heavy atom. The first-order valence-corrected chi connectivity index (χ1v) is 3.73. The zero-order chi connectivity index (χ0) is 9.97. The molecule has 0 bridgehead atoms. The maximum Gasteiger partial charge on any atom is 0.341 e. The van der Waals surface area contributed by atoms with Crippen LogP contribution in [0, 0.1) is 0 Å². The SMILES string of the molecule is O=C(O)c1cnoc1-c1ccncn1. The molecule has 1 N–H and O–H groups in total. The third kappa shape index (κ3) is 1.33. The molecule has 0 saturated carbocycles. The fourth-order valence-electron chi connectivity index (χ4n) is 1.00. The Labute approximate surface area is 78.2 Å². The molecular weight excluding hydrogens is 186 g/mol. The average molecular weight is 191 g/mol. The van der Waals surface area contributed by atoms with Crippen molar-refractivity contribution in [1.82, 2.24) is 15.1 Å². The Morgan fingerprint density at radius 2 is 2.36 bits per heavy atom. The minimum Gasteiger partial charge on any atom is -0.477 e. The van der Waals surface area contributed by atoms with Gasteiger partial charge in [-0.3, -0.25) is 0 Å². The van der Waals surface area contributed by atoms with Gasteiger partial charge < -0.3 is 9.63 Å². The zero-order valence-corrected chi connectivity index (χ0v) is 6.91. The highest BCUT2D eigenvalue weighted by molar-refractivity contribution is 5.93. The minimum atomic E-state index is -1.10. The first kappa shape index (κ1) is 8.36. The Kier molecular flexibility index (Phi) is 1.94. The van der Waals surface area contributed by atoms with Crippen molar-refractivity contribution in [2.45, 2.75) is 0 Å². The quantitative estimate of drug-likeness (QED) is 0.756. The lowest BCUT2D eigenvalue weighted by Crippen LogP contribution is -1.96. The molecule has 0 aliphatic rings. The predicted molar refractivity (Wildman–Crippen MR) is 44.5 cm³/mol. The number of rotatable bonds is 2. The highest BCUT2D eigenvalue weighted by Crippen LogP contribution is 2.20. The van der Waals surface area contributed by atoms with Gasteiger partial charge in [0, 0.05) is 6.20 Å². The second-order valence-electron chi connectivity index (χ2n) is 2.47. The Morgan fingerprint density at radius 1 is 1.50 bits per heavy atom. The monoisotopic (exact) mass is 191 g/mol. The van der Waals surface area contributed by atoms with E-state index in [1.54, 1.807) is 6.07 Å². The number of hydrogen-bond donors (Lipinski definition) is 1. The molecule has 2 aromatic rings. The summed E-state index contributed by atoms with van der Waals surface area (Å²) in [5.74, 6) is -0.959. The third-order valence-corrected chi connectivity index (χ3v) is 1.62. The Hall–Kier alpha value is -2.24. The highest BCUT2D eigenvalue weighted by Gasteiger charge is 2.17. The van der Waals surface area contributed by atoms with Crippen LogP contribution in [0.4, 0.5) is 0 Å². The van der Waals surface area contributed by atoms with Gasteiger partial charge in [-0.15, -0.1) is 0 Å². The van der Waals surface area contributed by atoms with Crippen molar-refractivity contribution in [1.29, 1.82) is 0 Å². The molecule has 0 fully saturated rings. The van der Waals surface area contributed by atoms with Crippen molar-refractivity contribution in [3.05, 3.63) is 30.4 Å². The summed E-state index contributed by atoms with van der Waals surface area (Å²) in [4.78, 5) is 18.3. The first-order valence-electron chi connectivity index (χ1n) is 3.73. The van der Waals surface area contributed by atoms with Gasteiger partial charge in [-0.25, -0.2) is 14.8 Å². The lowest BCUT2D eigenvalue weighted by Gasteiger charge is -1.94. The molecule has 2 aromatic heterocycles. The maximum atomic E-state index is 10.7. The summed E-state index contributed by atoms with van der Waals surface area (Å²) in [6, 6.07) is 1.55. The summed E-state index contributed by atoms with van der Waals surface area (Å²) >= 11 is 0. The lowest BCUT2D eigenvalue weighted by atomic mass is 10.2. The molecule has 70 valence electrons. The van der Waals surface area contributed by atoms with E-state index in [-0.39, 0.29) is 11.3 Å². The molecule has 2 heterocycles. The molecule has 0 radical (unpaired) electrons. The summed E-state index contributed by atoms with van der Waals surface area (Å²) < 4.78 is 4.79. The second-order valence-corrected chi connectivity index (χ2v) is 2.47. The number of carboxylic acid groups (broad SMARTS) is 1. The van der Waals surface area contributed by atoms with Crippen LogP contribution in [-0.2, 0) is 0 Å². The number of carboxylic acids is 1. The van der Waals surface area contributed by atoms with Crippen LogP contribution in [0.2, 0.25) is 0 Å². The average Bonchev–Trinajstić information content (AvgIpc) is 2.67. The summed E-state index contributed by atoms with van der Waals surface area (Å²) in [5.41, 5.74) is 0.388. The van der Waals surface area contributed by atoms with Crippen LogP contribution in [0.1, 0.15) is 10.4 Å². The molecule has 14 heavy (non-hydrogen) atoms. The minimum absolute atomic E-state index is 0.0105. The largest absolute Gasteiger partial charge is 0.477 e. The number of aromatic nitrogens is 3. The molecule has 6 heteroatoms. The van der Waals surface area contributed by atoms with E-state index in [9.17, 15) is 4.79 Å². The number of carbonyl (C=O) groups is 1. The summed E-state index contributed by atoms with van der Waals surface area (Å²) in [6.45, 7) is 0. The van der Waals surface area contributed by atoms with Gasteiger partial charge in [0.05, 0.1) is 6.20 Å². The van der Waals surface area contributed by atoms with Crippen molar-refractivity contribution < 1.29 is 14.4 Å². The van der Waals surface area contributed by atoms with Crippen LogP contribution in [-0.4, -0.2) is 26.2 Å². The van der Waals surface area contributed by atoms with Gasteiger partial charge in [-0.1, -0.05) is 5.16 Å². The smallest absolute Gasteiger partial charge is 0.341 e. The van der Waals surface area contributed by atoms with Gasteiger partial charge in [0.25, 0.3) is 0 Å². The predicted octanol–water partition coefficient (Wildman–Crippen LogP) is 0.830. The van der Waals surface area contributed by atoms with Crippen molar-refractivity contribution >= 4 is 5.97 Å². The van der Waals surface area contributed by atoms with Crippen molar-refractivity contribution in [2.24, 2.45) is 0 Å². The van der Waals surface area contributed by atoms with Crippen molar-refractivity contribution in [3.63, 3.8) is 0 Å². The van der Waals surface area contributed by atoms with Gasteiger partial charge in [-0.2, -0.15) is 0 Å². The zero-order valence-electron chi connectivity index (χ0n) is 6.91. The molecule has 0 saturated heterocycles. The van der Waals surface area contributed by atoms with Gasteiger partial charge in [0.15, 0.2) is 5.76 Å². The number of hydrogen-bond acceptors (Lipinski definition) is 5. The van der Waals surface area contributed by atoms with E-state index < -0.39 is 5.97 Å². The Bertz CT molecular complexity index is 452. The van der Waals surface area contributed by atoms with E-state index >= 15 is 0 Å². The topological polar surface area (TPSA) is 89.1 Å². The molecule has 0 spiro atoms. The van der Waals surface area contributed by atoms with Crippen molar-refractivity contribution in [3.8, 4) is 11.5 Å². The van der Waals surface area contributed by atoms with Gasteiger partial charge >= 0.3 is 5.97 Å². The van der Waals surface area contributed by atoms with Crippen molar-refractivity contribution in [2.75, 3.05) is 0 Å². The molecule has 0 atom stereocenters. The van der Waals surface area contributed by atoms with Crippen LogP contribution in [0.25, 0.3) is 11.5 Å². The molecule has 0 aliphatic heterocycles. The second kappa shape index (κ2) is 3.25. The molecule has 6 nitrogen and oxygen atoms in total. The van der Waals surface area contributed by atoms with Gasteiger partial charge in [0.1, 0.15) is 17.6 Å². The van der Waals surface area contributed by atoms with Crippen LogP contribution >= 0.6 is 0 Å². The molecule has 0 aliphatic carbocycles. The van der Waals surface area contributed by atoms with Crippen LogP contribution in [0.3, 0.4) is 0 Å². The Balaban J connectivity index is 2.52. The standard InChI is InChI=1S/C8H5N3O3/c12-8(13)5-3-11-14-7(5)6-1-2-9-4-10-6/h1-4H,(H,12,13). The normalized spacial score (nSPS) is 10.0. The highest BCUT2D eigenvalue weighted by atomic mass is 16.5. The molecule has 2 rings (SSSR count). The van der Waals surface area contributed by atoms with Gasteiger partial charge in [0.2, 0.25) is 0 Å². The van der Waals surface area contributed by atoms with Gasteiger partial charge in [-0.05, 0) is 6.07 Å². The number of aromatic carboxylic acids is 1. The third-order valence-electron chi connectivity index (χ3n) is 1.62. The molecule has 0 amide bonds. The molecule has 0 aromatic carbocycles. The summed E-state index contributed by atoms with van der Waals surface area (Å²) in [5, 5.41) is 12.2. The molecule has 0 unspecified atom stereocenters. The fourth-order valence-corrected chi connectivity index (χ4v) is 1.00. The summed E-state index contributed by atoms with van der Waals surface area (Å²) in [7, 11) is 0. The fraction of sp³-hybridized carbons (Fsp3) is 0. The van der Waals surface area contributed by atoms with E-state index in [0.717, 1.165) is 6.20 Å².